The summed E-state index contributed by atoms with van der Waals surface area (Å²) >= 11 is 6.10. The number of benzene rings is 1. The fraction of sp³-hybridized carbons (Fsp3) is 0.348. The van der Waals surface area contributed by atoms with Crippen molar-refractivity contribution in [1.29, 1.82) is 0 Å². The van der Waals surface area contributed by atoms with E-state index in [-0.39, 0.29) is 5.92 Å². The molecular formula is C23H24ClN5O3. The number of amides is 1. The van der Waals surface area contributed by atoms with Crippen molar-refractivity contribution >= 4 is 29.4 Å². The molecule has 0 bridgehead atoms. The standard InChI is InChI=1S/C23H24ClN5O3/c24-16-3-1-14(2-4-16)21-20(18-5-8-25-11-17-12-29(17)18)22(27-26-21)15-6-9-28(10-7-15)23(32)19(31)13-30/h1-5,8,11,15,19,30-31H,6-7,9-10,12-13H2,(H,26,27). The number of fused-ring (bicyclic) bond motifs is 1. The lowest BCUT2D eigenvalue weighted by molar-refractivity contribution is -0.143. The number of aliphatic hydroxyl groups is 2. The number of rotatable bonds is 5. The number of aliphatic imine (C=N–C) groups is 1. The Morgan fingerprint density at radius 2 is 2.00 bits per heavy atom. The summed E-state index contributed by atoms with van der Waals surface area (Å²) in [6.07, 6.45) is 5.82. The Balaban J connectivity index is 1.48. The number of aromatic amines is 1. The van der Waals surface area contributed by atoms with E-state index in [0.717, 1.165) is 53.3 Å². The zero-order chi connectivity index (χ0) is 22.2. The lowest BCUT2D eigenvalue weighted by Gasteiger charge is -2.33. The number of likely N-dealkylation sites (tertiary alicyclic amines) is 1. The van der Waals surface area contributed by atoms with E-state index in [1.54, 1.807) is 11.1 Å². The van der Waals surface area contributed by atoms with Gasteiger partial charge in [0.1, 0.15) is 5.69 Å². The third-order valence-electron chi connectivity index (χ3n) is 6.24. The van der Waals surface area contributed by atoms with Crippen LogP contribution in [0.1, 0.15) is 30.0 Å². The van der Waals surface area contributed by atoms with Crippen LogP contribution in [0.25, 0.3) is 17.0 Å². The van der Waals surface area contributed by atoms with Crippen LogP contribution >= 0.6 is 11.6 Å². The SMILES string of the molecule is O=C(C(O)CO)N1CCC(c2[nH]nc(-c3ccc(Cl)cc3)c2C2=CC=NC=C3CN32)CC1. The molecule has 2 fully saturated rings. The first-order valence-electron chi connectivity index (χ1n) is 10.7. The van der Waals surface area contributed by atoms with Crippen molar-refractivity contribution in [3.63, 3.8) is 0 Å². The molecule has 1 atom stereocenters. The zero-order valence-electron chi connectivity index (χ0n) is 17.4. The maximum atomic E-state index is 12.2. The molecule has 0 spiro atoms. The first-order valence-corrected chi connectivity index (χ1v) is 11.1. The molecular weight excluding hydrogens is 430 g/mol. The molecule has 2 aromatic rings. The summed E-state index contributed by atoms with van der Waals surface area (Å²) in [5.74, 6) is -0.235. The number of allylic oxidation sites excluding steroid dienone is 1. The van der Waals surface area contributed by atoms with Crippen molar-refractivity contribution in [3.8, 4) is 11.3 Å². The van der Waals surface area contributed by atoms with Crippen LogP contribution in [0.5, 0.6) is 0 Å². The van der Waals surface area contributed by atoms with Gasteiger partial charge >= 0.3 is 0 Å². The highest BCUT2D eigenvalue weighted by Gasteiger charge is 2.36. The van der Waals surface area contributed by atoms with Gasteiger partial charge in [-0.05, 0) is 31.1 Å². The van der Waals surface area contributed by atoms with Crippen molar-refractivity contribution in [2.24, 2.45) is 4.99 Å². The molecule has 1 amide bonds. The van der Waals surface area contributed by atoms with Crippen molar-refractivity contribution in [2.75, 3.05) is 26.2 Å². The Kier molecular flexibility index (Phi) is 5.58. The lowest BCUT2D eigenvalue weighted by Crippen LogP contribution is -2.44. The van der Waals surface area contributed by atoms with Crippen molar-refractivity contribution in [1.82, 2.24) is 20.0 Å². The number of H-pyrrole nitrogens is 1. The number of hydrogen-bond donors (Lipinski definition) is 3. The molecule has 8 nitrogen and oxygen atoms in total. The predicted molar refractivity (Wildman–Crippen MR) is 122 cm³/mol. The molecule has 1 unspecified atom stereocenters. The molecule has 32 heavy (non-hydrogen) atoms. The van der Waals surface area contributed by atoms with Gasteiger partial charge in [0, 0.05) is 53.3 Å². The molecule has 0 aliphatic carbocycles. The third kappa shape index (κ3) is 3.85. The van der Waals surface area contributed by atoms with Gasteiger partial charge in [-0.15, -0.1) is 0 Å². The largest absolute Gasteiger partial charge is 0.393 e. The molecule has 4 heterocycles. The van der Waals surface area contributed by atoms with Gasteiger partial charge in [-0.1, -0.05) is 23.7 Å². The summed E-state index contributed by atoms with van der Waals surface area (Å²) in [5.41, 5.74) is 6.14. The van der Waals surface area contributed by atoms with E-state index in [2.05, 4.69) is 15.0 Å². The van der Waals surface area contributed by atoms with Crippen LogP contribution in [0.3, 0.4) is 0 Å². The molecule has 3 aliphatic heterocycles. The predicted octanol–water partition coefficient (Wildman–Crippen LogP) is 2.37. The van der Waals surface area contributed by atoms with E-state index in [9.17, 15) is 9.90 Å². The molecule has 0 saturated carbocycles. The first kappa shape index (κ1) is 20.9. The lowest BCUT2D eigenvalue weighted by atomic mass is 9.88. The van der Waals surface area contributed by atoms with Crippen LogP contribution in [-0.4, -0.2) is 74.7 Å². The number of carbonyl (C=O) groups excluding carboxylic acids is 1. The Hall–Kier alpha value is -2.94. The van der Waals surface area contributed by atoms with Crippen LogP contribution in [-0.2, 0) is 4.79 Å². The smallest absolute Gasteiger partial charge is 0.253 e. The summed E-state index contributed by atoms with van der Waals surface area (Å²) in [6.45, 7) is 1.32. The molecule has 5 rings (SSSR count). The van der Waals surface area contributed by atoms with Crippen molar-refractivity contribution in [2.45, 2.75) is 24.9 Å². The van der Waals surface area contributed by atoms with Crippen molar-refractivity contribution < 1.29 is 15.0 Å². The molecule has 166 valence electrons. The number of aliphatic hydroxyl groups excluding tert-OH is 2. The second-order valence-electron chi connectivity index (χ2n) is 8.22. The van der Waals surface area contributed by atoms with E-state index in [4.69, 9.17) is 21.8 Å². The van der Waals surface area contributed by atoms with E-state index < -0.39 is 18.6 Å². The summed E-state index contributed by atoms with van der Waals surface area (Å²) in [5, 5.41) is 27.4. The van der Waals surface area contributed by atoms with Gasteiger partial charge in [0.2, 0.25) is 0 Å². The highest BCUT2D eigenvalue weighted by molar-refractivity contribution is 6.30. The van der Waals surface area contributed by atoms with Crippen molar-refractivity contribution in [3.05, 3.63) is 58.5 Å². The molecule has 9 heteroatoms. The summed E-state index contributed by atoms with van der Waals surface area (Å²) < 4.78 is 0. The van der Waals surface area contributed by atoms with E-state index in [1.807, 2.05) is 36.5 Å². The fourth-order valence-electron chi connectivity index (χ4n) is 4.43. The molecule has 3 aliphatic rings. The average molecular weight is 454 g/mol. The summed E-state index contributed by atoms with van der Waals surface area (Å²) in [6, 6.07) is 7.65. The van der Waals surface area contributed by atoms with Gasteiger partial charge < -0.3 is 20.0 Å². The average Bonchev–Trinajstić information content (AvgIpc) is 3.50. The number of nitrogens with one attached hydrogen (secondary N) is 1. The third-order valence-corrected chi connectivity index (χ3v) is 6.49. The van der Waals surface area contributed by atoms with Gasteiger partial charge in [-0.3, -0.25) is 14.9 Å². The monoisotopic (exact) mass is 453 g/mol. The molecule has 1 aromatic heterocycles. The Morgan fingerprint density at radius 1 is 1.25 bits per heavy atom. The topological polar surface area (TPSA) is 105 Å². The molecule has 2 saturated heterocycles. The number of piperidine rings is 1. The number of hydrogen-bond acceptors (Lipinski definition) is 6. The highest BCUT2D eigenvalue weighted by Crippen LogP contribution is 2.43. The minimum Gasteiger partial charge on any atom is -0.393 e. The molecule has 1 aromatic carbocycles. The molecule has 0 radical (unpaired) electrons. The minimum absolute atomic E-state index is 0.183. The van der Waals surface area contributed by atoms with Crippen LogP contribution in [0.2, 0.25) is 5.02 Å². The Bertz CT molecular complexity index is 1110. The number of nitrogens with zero attached hydrogens (tertiary/aromatic N) is 4. The minimum atomic E-state index is -1.35. The number of aromatic nitrogens is 2. The molecule has 3 N–H and O–H groups in total. The van der Waals surface area contributed by atoms with E-state index >= 15 is 0 Å². The van der Waals surface area contributed by atoms with E-state index in [0.29, 0.717) is 18.1 Å². The van der Waals surface area contributed by atoms with E-state index in [1.165, 1.54) is 0 Å². The Morgan fingerprint density at radius 3 is 2.72 bits per heavy atom. The van der Waals surface area contributed by atoms with Crippen LogP contribution in [0.4, 0.5) is 0 Å². The maximum Gasteiger partial charge on any atom is 0.253 e. The van der Waals surface area contributed by atoms with Gasteiger partial charge in [0.15, 0.2) is 6.10 Å². The number of carbonyl (C=O) groups is 1. The second kappa shape index (κ2) is 8.54. The van der Waals surface area contributed by atoms with Crippen LogP contribution in [0, 0.1) is 0 Å². The van der Waals surface area contributed by atoms with Gasteiger partial charge in [-0.25, -0.2) is 0 Å². The second-order valence-corrected chi connectivity index (χ2v) is 8.66. The fourth-order valence-corrected chi connectivity index (χ4v) is 4.56. The van der Waals surface area contributed by atoms with Gasteiger partial charge in [0.05, 0.1) is 24.5 Å². The van der Waals surface area contributed by atoms with Crippen LogP contribution < -0.4 is 0 Å². The first-order chi connectivity index (χ1) is 15.6. The highest BCUT2D eigenvalue weighted by atomic mass is 35.5. The maximum absolute atomic E-state index is 12.2. The Labute approximate surface area is 190 Å². The zero-order valence-corrected chi connectivity index (χ0v) is 18.2. The number of halogens is 1. The summed E-state index contributed by atoms with van der Waals surface area (Å²) in [4.78, 5) is 20.4. The normalized spacial score (nSPS) is 19.2. The van der Waals surface area contributed by atoms with Gasteiger partial charge in [0.25, 0.3) is 5.91 Å². The van der Waals surface area contributed by atoms with Crippen LogP contribution in [0.15, 0.2) is 47.2 Å². The quantitative estimate of drug-likeness (QED) is 0.603. The summed E-state index contributed by atoms with van der Waals surface area (Å²) in [7, 11) is 0. The van der Waals surface area contributed by atoms with Gasteiger partial charge in [-0.2, -0.15) is 5.10 Å².